The summed E-state index contributed by atoms with van der Waals surface area (Å²) in [5.41, 5.74) is 5.62. The molecule has 2 aromatic rings. The molecule has 0 bridgehead atoms. The van der Waals surface area contributed by atoms with Gasteiger partial charge in [0.1, 0.15) is 0 Å². The van der Waals surface area contributed by atoms with Gasteiger partial charge in [0.2, 0.25) is 0 Å². The molecule has 1 heterocycles. The predicted molar refractivity (Wildman–Crippen MR) is 97.4 cm³/mol. The highest BCUT2D eigenvalue weighted by Gasteiger charge is 2.17. The van der Waals surface area contributed by atoms with Crippen molar-refractivity contribution in [1.29, 1.82) is 0 Å². The van der Waals surface area contributed by atoms with Crippen LogP contribution in [0.3, 0.4) is 0 Å². The molecule has 1 unspecified atom stereocenters. The highest BCUT2D eigenvalue weighted by Crippen LogP contribution is 2.30. The molecular formula is C18H24BrNS. The summed E-state index contributed by atoms with van der Waals surface area (Å²) in [7, 11) is 0. The zero-order valence-corrected chi connectivity index (χ0v) is 15.7. The van der Waals surface area contributed by atoms with E-state index in [1.165, 1.54) is 30.9 Å². The van der Waals surface area contributed by atoms with Crippen molar-refractivity contribution in [3.05, 3.63) is 55.2 Å². The molecule has 0 saturated carbocycles. The fourth-order valence-corrected chi connectivity index (χ4v) is 4.53. The molecule has 114 valence electrons. The topological polar surface area (TPSA) is 12.0 Å². The molecule has 0 amide bonds. The molecule has 1 nitrogen and oxygen atoms in total. The van der Waals surface area contributed by atoms with E-state index in [4.69, 9.17) is 0 Å². The Morgan fingerprint density at radius 2 is 1.81 bits per heavy atom. The molecule has 21 heavy (non-hydrogen) atoms. The van der Waals surface area contributed by atoms with Gasteiger partial charge in [-0.2, -0.15) is 0 Å². The first-order chi connectivity index (χ1) is 10.0. The van der Waals surface area contributed by atoms with Crippen molar-refractivity contribution in [2.24, 2.45) is 0 Å². The molecule has 0 spiro atoms. The van der Waals surface area contributed by atoms with E-state index in [0.29, 0.717) is 6.04 Å². The van der Waals surface area contributed by atoms with Crippen molar-refractivity contribution in [2.45, 2.75) is 46.6 Å². The SMILES string of the molecule is CCCNC(Cc1ccc(Br)s1)c1c(C)cc(C)cc1C. The summed E-state index contributed by atoms with van der Waals surface area (Å²) in [5, 5.41) is 3.74. The van der Waals surface area contributed by atoms with Crippen LogP contribution in [0.5, 0.6) is 0 Å². The monoisotopic (exact) mass is 365 g/mol. The lowest BCUT2D eigenvalue weighted by molar-refractivity contribution is 0.528. The van der Waals surface area contributed by atoms with Crippen LogP contribution in [0, 0.1) is 20.8 Å². The molecule has 0 aliphatic heterocycles. The molecule has 1 aromatic heterocycles. The van der Waals surface area contributed by atoms with E-state index in [-0.39, 0.29) is 0 Å². The Kier molecular flexibility index (Phi) is 6.03. The Bertz CT molecular complexity index is 580. The first-order valence-corrected chi connectivity index (χ1v) is 9.17. The summed E-state index contributed by atoms with van der Waals surface area (Å²) in [6.45, 7) is 9.93. The fraction of sp³-hybridized carbons (Fsp3) is 0.444. The van der Waals surface area contributed by atoms with Crippen molar-refractivity contribution < 1.29 is 0 Å². The highest BCUT2D eigenvalue weighted by atomic mass is 79.9. The lowest BCUT2D eigenvalue weighted by Crippen LogP contribution is -2.25. The van der Waals surface area contributed by atoms with Gasteiger partial charge in [-0.3, -0.25) is 0 Å². The minimum atomic E-state index is 0.399. The van der Waals surface area contributed by atoms with Crippen molar-refractivity contribution in [3.8, 4) is 0 Å². The maximum atomic E-state index is 3.74. The number of benzene rings is 1. The van der Waals surface area contributed by atoms with Gasteiger partial charge in [0.05, 0.1) is 3.79 Å². The van der Waals surface area contributed by atoms with Crippen molar-refractivity contribution in [1.82, 2.24) is 5.32 Å². The van der Waals surface area contributed by atoms with Crippen LogP contribution in [-0.4, -0.2) is 6.54 Å². The maximum absolute atomic E-state index is 3.74. The lowest BCUT2D eigenvalue weighted by Gasteiger charge is -2.23. The van der Waals surface area contributed by atoms with Gasteiger partial charge in [0, 0.05) is 17.3 Å². The normalized spacial score (nSPS) is 12.6. The van der Waals surface area contributed by atoms with E-state index in [1.807, 2.05) is 11.3 Å². The predicted octanol–water partition coefficient (Wildman–Crippen LogP) is 5.72. The Hall–Kier alpha value is -0.640. The van der Waals surface area contributed by atoms with Crippen LogP contribution in [0.4, 0.5) is 0 Å². The second-order valence-corrected chi connectivity index (χ2v) is 8.28. The van der Waals surface area contributed by atoms with Gasteiger partial charge >= 0.3 is 0 Å². The number of halogens is 1. The third-order valence-corrected chi connectivity index (χ3v) is 5.41. The van der Waals surface area contributed by atoms with Gasteiger partial charge in [0.25, 0.3) is 0 Å². The third-order valence-electron chi connectivity index (χ3n) is 3.76. The lowest BCUT2D eigenvalue weighted by atomic mass is 9.92. The van der Waals surface area contributed by atoms with Crippen LogP contribution in [0.2, 0.25) is 0 Å². The largest absolute Gasteiger partial charge is 0.310 e. The van der Waals surface area contributed by atoms with Crippen LogP contribution < -0.4 is 5.32 Å². The molecule has 0 saturated heterocycles. The molecule has 0 radical (unpaired) electrons. The van der Waals surface area contributed by atoms with Crippen LogP contribution >= 0.6 is 27.3 Å². The molecule has 1 atom stereocenters. The molecule has 0 fully saturated rings. The van der Waals surface area contributed by atoms with Crippen LogP contribution in [-0.2, 0) is 6.42 Å². The van der Waals surface area contributed by atoms with Gasteiger partial charge in [0.15, 0.2) is 0 Å². The Morgan fingerprint density at radius 1 is 1.14 bits per heavy atom. The van der Waals surface area contributed by atoms with E-state index in [9.17, 15) is 0 Å². The van der Waals surface area contributed by atoms with Gasteiger partial charge in [-0.1, -0.05) is 24.6 Å². The number of thiophene rings is 1. The first-order valence-electron chi connectivity index (χ1n) is 7.56. The summed E-state index contributed by atoms with van der Waals surface area (Å²) >= 11 is 5.40. The highest BCUT2D eigenvalue weighted by molar-refractivity contribution is 9.11. The molecule has 1 aromatic carbocycles. The Balaban J connectivity index is 2.31. The minimum Gasteiger partial charge on any atom is -0.310 e. The third kappa shape index (κ3) is 4.41. The second-order valence-electron chi connectivity index (χ2n) is 5.73. The minimum absolute atomic E-state index is 0.399. The maximum Gasteiger partial charge on any atom is 0.0701 e. The summed E-state index contributed by atoms with van der Waals surface area (Å²) in [4.78, 5) is 1.43. The summed E-state index contributed by atoms with van der Waals surface area (Å²) in [5.74, 6) is 0. The molecule has 0 aliphatic rings. The molecule has 1 N–H and O–H groups in total. The van der Waals surface area contributed by atoms with Crippen LogP contribution in [0.15, 0.2) is 28.1 Å². The summed E-state index contributed by atoms with van der Waals surface area (Å²) < 4.78 is 1.21. The summed E-state index contributed by atoms with van der Waals surface area (Å²) in [6.07, 6.45) is 2.22. The Morgan fingerprint density at radius 3 is 2.33 bits per heavy atom. The van der Waals surface area contributed by atoms with Crippen LogP contribution in [0.25, 0.3) is 0 Å². The van der Waals surface area contributed by atoms with Crippen molar-refractivity contribution >= 4 is 27.3 Å². The number of hydrogen-bond donors (Lipinski definition) is 1. The van der Waals surface area contributed by atoms with Gasteiger partial charge < -0.3 is 5.32 Å². The van der Waals surface area contributed by atoms with Crippen molar-refractivity contribution in [3.63, 3.8) is 0 Å². The quantitative estimate of drug-likeness (QED) is 0.690. The average molecular weight is 366 g/mol. The van der Waals surface area contributed by atoms with E-state index < -0.39 is 0 Å². The molecule has 0 aliphatic carbocycles. The zero-order valence-electron chi connectivity index (χ0n) is 13.3. The number of nitrogens with one attached hydrogen (secondary N) is 1. The smallest absolute Gasteiger partial charge is 0.0701 e. The van der Waals surface area contributed by atoms with E-state index in [1.54, 1.807) is 0 Å². The molecule has 3 heteroatoms. The number of rotatable bonds is 6. The zero-order chi connectivity index (χ0) is 15.4. The molecular weight excluding hydrogens is 342 g/mol. The van der Waals surface area contributed by atoms with Gasteiger partial charge in [-0.25, -0.2) is 0 Å². The van der Waals surface area contributed by atoms with Gasteiger partial charge in [-0.05, 0) is 78.5 Å². The molecule has 2 rings (SSSR count). The number of aryl methyl sites for hydroxylation is 3. The van der Waals surface area contributed by atoms with E-state index >= 15 is 0 Å². The first kappa shape index (κ1) is 16.7. The van der Waals surface area contributed by atoms with Crippen LogP contribution in [0.1, 0.15) is 46.5 Å². The standard InChI is InChI=1S/C18H24BrNS/c1-5-8-20-16(11-15-6-7-17(19)21-15)18-13(3)9-12(2)10-14(18)4/h6-7,9-10,16,20H,5,8,11H2,1-4H3. The Labute approximate surface area is 140 Å². The number of hydrogen-bond acceptors (Lipinski definition) is 2. The fourth-order valence-electron chi connectivity index (χ4n) is 3.00. The van der Waals surface area contributed by atoms with E-state index in [0.717, 1.165) is 19.4 Å². The van der Waals surface area contributed by atoms with Crippen molar-refractivity contribution in [2.75, 3.05) is 6.54 Å². The second kappa shape index (κ2) is 7.57. The summed E-state index contributed by atoms with van der Waals surface area (Å²) in [6, 6.07) is 9.37. The van der Waals surface area contributed by atoms with Gasteiger partial charge in [-0.15, -0.1) is 11.3 Å². The van der Waals surface area contributed by atoms with E-state index in [2.05, 4.69) is 73.2 Å². The average Bonchev–Trinajstić information content (AvgIpc) is 2.80.